The average molecular weight is 138 g/mol. The second-order valence-electron chi connectivity index (χ2n) is 2.33. The Kier molecular flexibility index (Phi) is 1.07. The molecular formula is C6H10N4. The summed E-state index contributed by atoms with van der Waals surface area (Å²) < 4.78 is 0. The van der Waals surface area contributed by atoms with Gasteiger partial charge in [0.05, 0.1) is 18.9 Å². The first-order valence-electron chi connectivity index (χ1n) is 3.29. The van der Waals surface area contributed by atoms with E-state index in [0.717, 1.165) is 24.7 Å². The minimum absolute atomic E-state index is 0.776. The van der Waals surface area contributed by atoms with E-state index in [1.165, 1.54) is 0 Å². The number of nitrogens with one attached hydrogen (secondary N) is 2. The zero-order valence-corrected chi connectivity index (χ0v) is 5.59. The highest BCUT2D eigenvalue weighted by Gasteiger charge is 2.18. The average Bonchev–Trinajstić information content (AvgIpc) is 2.36. The maximum absolute atomic E-state index is 5.67. The van der Waals surface area contributed by atoms with Crippen molar-refractivity contribution in [2.75, 3.05) is 13.2 Å². The lowest BCUT2D eigenvalue weighted by Crippen LogP contribution is -2.32. The van der Waals surface area contributed by atoms with Crippen LogP contribution in [0.4, 0.5) is 0 Å². The largest absolute Gasteiger partial charge is 0.396 e. The van der Waals surface area contributed by atoms with Crippen molar-refractivity contribution in [2.45, 2.75) is 0 Å². The normalized spacial score (nSPS) is 23.0. The van der Waals surface area contributed by atoms with Crippen molar-refractivity contribution in [3.05, 3.63) is 23.7 Å². The van der Waals surface area contributed by atoms with Gasteiger partial charge in [-0.05, 0) is 6.08 Å². The van der Waals surface area contributed by atoms with Gasteiger partial charge in [-0.2, -0.15) is 0 Å². The minimum atomic E-state index is 0.776. The number of hydrogen-bond acceptors (Lipinski definition) is 4. The summed E-state index contributed by atoms with van der Waals surface area (Å²) in [5.74, 6) is 1.00. The van der Waals surface area contributed by atoms with E-state index < -0.39 is 0 Å². The Morgan fingerprint density at radius 3 is 3.30 bits per heavy atom. The molecule has 4 nitrogen and oxygen atoms in total. The summed E-state index contributed by atoms with van der Waals surface area (Å²) in [6.07, 6.45) is 3.95. The van der Waals surface area contributed by atoms with Crippen LogP contribution in [0.5, 0.6) is 0 Å². The van der Waals surface area contributed by atoms with E-state index in [9.17, 15) is 0 Å². The quantitative estimate of drug-likeness (QED) is 0.404. The van der Waals surface area contributed by atoms with Gasteiger partial charge in [-0.3, -0.25) is 5.01 Å². The molecule has 1 saturated heterocycles. The van der Waals surface area contributed by atoms with Gasteiger partial charge in [0.2, 0.25) is 0 Å². The van der Waals surface area contributed by atoms with Crippen molar-refractivity contribution >= 4 is 0 Å². The standard InChI is InChI=1S/C6H10N4/c7-5-2-1-3-10-6(5)8-4-9-10/h1-2,8-9H,3-4,7H2. The van der Waals surface area contributed by atoms with Crippen LogP contribution in [0.3, 0.4) is 0 Å². The molecule has 0 atom stereocenters. The van der Waals surface area contributed by atoms with E-state index in [2.05, 4.69) is 10.7 Å². The van der Waals surface area contributed by atoms with Crippen LogP contribution in [0.2, 0.25) is 0 Å². The van der Waals surface area contributed by atoms with Crippen molar-refractivity contribution in [1.82, 2.24) is 15.8 Å². The molecule has 2 aliphatic heterocycles. The Labute approximate surface area is 59.3 Å². The summed E-state index contributed by atoms with van der Waals surface area (Å²) in [6, 6.07) is 0. The van der Waals surface area contributed by atoms with Crippen LogP contribution in [-0.4, -0.2) is 18.2 Å². The molecule has 0 aliphatic carbocycles. The number of nitrogens with zero attached hydrogens (tertiary/aromatic N) is 1. The molecule has 0 radical (unpaired) electrons. The number of fused-ring (bicyclic) bond motifs is 1. The summed E-state index contributed by atoms with van der Waals surface area (Å²) in [7, 11) is 0. The van der Waals surface area contributed by atoms with Crippen molar-refractivity contribution < 1.29 is 0 Å². The number of nitrogens with two attached hydrogens (primary N) is 1. The van der Waals surface area contributed by atoms with Crippen molar-refractivity contribution in [1.29, 1.82) is 0 Å². The molecule has 0 saturated carbocycles. The number of hydrogen-bond donors (Lipinski definition) is 3. The summed E-state index contributed by atoms with van der Waals surface area (Å²) >= 11 is 0. The molecule has 1 fully saturated rings. The molecule has 4 N–H and O–H groups in total. The Morgan fingerprint density at radius 2 is 2.50 bits per heavy atom. The summed E-state index contributed by atoms with van der Waals surface area (Å²) in [4.78, 5) is 0. The van der Waals surface area contributed by atoms with E-state index >= 15 is 0 Å². The molecule has 0 unspecified atom stereocenters. The van der Waals surface area contributed by atoms with E-state index in [0.29, 0.717) is 0 Å². The summed E-state index contributed by atoms with van der Waals surface area (Å²) in [5.41, 5.74) is 9.59. The fourth-order valence-corrected chi connectivity index (χ4v) is 1.17. The van der Waals surface area contributed by atoms with Crippen LogP contribution in [0.1, 0.15) is 0 Å². The van der Waals surface area contributed by atoms with Crippen molar-refractivity contribution in [3.8, 4) is 0 Å². The molecule has 54 valence electrons. The first-order chi connectivity index (χ1) is 4.88. The van der Waals surface area contributed by atoms with Crippen LogP contribution < -0.4 is 16.5 Å². The van der Waals surface area contributed by atoms with Crippen LogP contribution in [0.15, 0.2) is 23.7 Å². The lowest BCUT2D eigenvalue weighted by Gasteiger charge is -2.20. The smallest absolute Gasteiger partial charge is 0.141 e. The van der Waals surface area contributed by atoms with Crippen LogP contribution in [0, 0.1) is 0 Å². The highest BCUT2D eigenvalue weighted by molar-refractivity contribution is 5.26. The van der Waals surface area contributed by atoms with Gasteiger partial charge in [-0.25, -0.2) is 5.43 Å². The van der Waals surface area contributed by atoms with Gasteiger partial charge in [-0.15, -0.1) is 0 Å². The van der Waals surface area contributed by atoms with Crippen molar-refractivity contribution in [2.24, 2.45) is 5.73 Å². The SMILES string of the molecule is NC1=C2NCNN2CC=C1. The molecule has 2 aliphatic rings. The first kappa shape index (κ1) is 5.61. The topological polar surface area (TPSA) is 53.3 Å². The van der Waals surface area contributed by atoms with Crippen LogP contribution in [-0.2, 0) is 0 Å². The van der Waals surface area contributed by atoms with Gasteiger partial charge in [0.15, 0.2) is 0 Å². The molecule has 2 heterocycles. The third-order valence-corrected chi connectivity index (χ3v) is 1.65. The fourth-order valence-electron chi connectivity index (χ4n) is 1.17. The third kappa shape index (κ3) is 0.657. The monoisotopic (exact) mass is 138 g/mol. The molecule has 0 amide bonds. The van der Waals surface area contributed by atoms with E-state index in [-0.39, 0.29) is 0 Å². The Hall–Kier alpha value is -1.16. The van der Waals surface area contributed by atoms with Gasteiger partial charge in [0.1, 0.15) is 5.82 Å². The molecule has 4 heteroatoms. The Balaban J connectivity index is 2.32. The second kappa shape index (κ2) is 1.91. The second-order valence-corrected chi connectivity index (χ2v) is 2.33. The molecule has 0 aromatic rings. The molecule has 0 aromatic carbocycles. The summed E-state index contributed by atoms with van der Waals surface area (Å²) in [6.45, 7) is 1.67. The fraction of sp³-hybridized carbons (Fsp3) is 0.333. The molecule has 0 spiro atoms. The van der Waals surface area contributed by atoms with E-state index in [4.69, 9.17) is 5.73 Å². The maximum atomic E-state index is 5.67. The Morgan fingerprint density at radius 1 is 1.60 bits per heavy atom. The molecule has 10 heavy (non-hydrogen) atoms. The Bertz CT molecular complexity index is 206. The molecular weight excluding hydrogens is 128 g/mol. The number of hydrazine groups is 1. The molecule has 2 rings (SSSR count). The predicted octanol–water partition coefficient (Wildman–Crippen LogP) is -0.949. The zero-order valence-electron chi connectivity index (χ0n) is 5.59. The summed E-state index contributed by atoms with van der Waals surface area (Å²) in [5, 5.41) is 5.12. The zero-order chi connectivity index (χ0) is 6.97. The van der Waals surface area contributed by atoms with Gasteiger partial charge in [0.25, 0.3) is 0 Å². The highest BCUT2D eigenvalue weighted by atomic mass is 15.6. The van der Waals surface area contributed by atoms with Gasteiger partial charge >= 0.3 is 0 Å². The highest BCUT2D eigenvalue weighted by Crippen LogP contribution is 2.10. The number of rotatable bonds is 0. The molecule has 0 aromatic heterocycles. The van der Waals surface area contributed by atoms with Gasteiger partial charge in [-0.1, -0.05) is 6.08 Å². The predicted molar refractivity (Wildman–Crippen MR) is 38.2 cm³/mol. The van der Waals surface area contributed by atoms with Gasteiger partial charge in [0, 0.05) is 0 Å². The van der Waals surface area contributed by atoms with E-state index in [1.54, 1.807) is 0 Å². The maximum Gasteiger partial charge on any atom is 0.141 e. The van der Waals surface area contributed by atoms with E-state index in [1.807, 2.05) is 17.2 Å². The van der Waals surface area contributed by atoms with Crippen LogP contribution >= 0.6 is 0 Å². The lowest BCUT2D eigenvalue weighted by molar-refractivity contribution is 0.323. The number of allylic oxidation sites excluding steroid dienone is 1. The first-order valence-corrected chi connectivity index (χ1v) is 3.29. The van der Waals surface area contributed by atoms with Crippen molar-refractivity contribution in [3.63, 3.8) is 0 Å². The third-order valence-electron chi connectivity index (χ3n) is 1.65. The van der Waals surface area contributed by atoms with Gasteiger partial charge < -0.3 is 11.1 Å². The van der Waals surface area contributed by atoms with Crippen LogP contribution in [0.25, 0.3) is 0 Å². The molecule has 0 bridgehead atoms. The minimum Gasteiger partial charge on any atom is -0.396 e. The lowest BCUT2D eigenvalue weighted by atomic mass is 10.3.